The van der Waals surface area contributed by atoms with Gasteiger partial charge in [0.05, 0.1) is 22.3 Å². The summed E-state index contributed by atoms with van der Waals surface area (Å²) in [6.45, 7) is 1.65. The van der Waals surface area contributed by atoms with E-state index in [1.807, 2.05) is 0 Å². The van der Waals surface area contributed by atoms with Crippen molar-refractivity contribution in [3.8, 4) is 5.69 Å². The third kappa shape index (κ3) is 4.62. The molecule has 1 heterocycles. The quantitative estimate of drug-likeness (QED) is 0.332. The molecule has 156 valence electrons. The number of carbonyl (C=O) groups is 1. The monoisotopic (exact) mass is 453 g/mol. The Hall–Kier alpha value is -3.16. The van der Waals surface area contributed by atoms with Gasteiger partial charge in [-0.25, -0.2) is 9.37 Å². The van der Waals surface area contributed by atoms with Gasteiger partial charge in [0, 0.05) is 10.7 Å². The van der Waals surface area contributed by atoms with Crippen LogP contribution in [0.3, 0.4) is 0 Å². The zero-order chi connectivity index (χ0) is 22.0. The van der Waals surface area contributed by atoms with Gasteiger partial charge in [-0.05, 0) is 55.0 Å². The highest BCUT2D eigenvalue weighted by molar-refractivity contribution is 7.99. The molecule has 0 aliphatic rings. The van der Waals surface area contributed by atoms with Gasteiger partial charge in [0.1, 0.15) is 5.82 Å². The van der Waals surface area contributed by atoms with Gasteiger partial charge in [-0.2, -0.15) is 0 Å². The predicted octanol–water partition coefficient (Wildman–Crippen LogP) is 5.22. The lowest BCUT2D eigenvalue weighted by atomic mass is 10.2. The number of aryl methyl sites for hydroxylation is 1. The van der Waals surface area contributed by atoms with Crippen LogP contribution >= 0.6 is 23.4 Å². The van der Waals surface area contributed by atoms with Gasteiger partial charge in [0.15, 0.2) is 5.16 Å². The number of rotatable bonds is 5. The Kier molecular flexibility index (Phi) is 6.06. The number of benzene rings is 3. The molecule has 0 saturated heterocycles. The van der Waals surface area contributed by atoms with Crippen LogP contribution in [0.5, 0.6) is 0 Å². The van der Waals surface area contributed by atoms with Crippen LogP contribution in [-0.2, 0) is 4.79 Å². The first-order valence-corrected chi connectivity index (χ1v) is 10.8. The van der Waals surface area contributed by atoms with Crippen LogP contribution in [0.4, 0.5) is 10.1 Å². The van der Waals surface area contributed by atoms with E-state index in [1.165, 1.54) is 10.6 Å². The van der Waals surface area contributed by atoms with E-state index in [9.17, 15) is 14.0 Å². The fraction of sp³-hybridized carbons (Fsp3) is 0.0870. The second-order valence-electron chi connectivity index (χ2n) is 6.83. The number of amides is 1. The number of fused-ring (bicyclic) bond motifs is 1. The maximum Gasteiger partial charge on any atom is 0.266 e. The number of thioether (sulfide) groups is 1. The smallest absolute Gasteiger partial charge is 0.266 e. The number of aromatic nitrogens is 2. The van der Waals surface area contributed by atoms with E-state index >= 15 is 0 Å². The van der Waals surface area contributed by atoms with Gasteiger partial charge in [0.25, 0.3) is 5.56 Å². The Morgan fingerprint density at radius 2 is 1.94 bits per heavy atom. The summed E-state index contributed by atoms with van der Waals surface area (Å²) < 4.78 is 15.2. The topological polar surface area (TPSA) is 64.0 Å². The van der Waals surface area contributed by atoms with Crippen molar-refractivity contribution in [2.75, 3.05) is 11.1 Å². The van der Waals surface area contributed by atoms with Gasteiger partial charge >= 0.3 is 0 Å². The Balaban J connectivity index is 1.66. The number of hydrogen-bond acceptors (Lipinski definition) is 4. The minimum Gasteiger partial charge on any atom is -0.325 e. The zero-order valence-corrected chi connectivity index (χ0v) is 18.0. The first-order chi connectivity index (χ1) is 14.9. The third-order valence-corrected chi connectivity index (χ3v) is 5.77. The van der Waals surface area contributed by atoms with Gasteiger partial charge < -0.3 is 5.32 Å². The van der Waals surface area contributed by atoms with Crippen LogP contribution in [0.15, 0.2) is 76.7 Å². The maximum absolute atomic E-state index is 13.7. The highest BCUT2D eigenvalue weighted by Gasteiger charge is 2.15. The second kappa shape index (κ2) is 8.91. The molecule has 4 rings (SSSR count). The molecule has 0 saturated carbocycles. The first-order valence-electron chi connectivity index (χ1n) is 9.39. The molecule has 0 aliphatic carbocycles. The van der Waals surface area contributed by atoms with E-state index in [-0.39, 0.29) is 17.2 Å². The number of carbonyl (C=O) groups excluding carboxylic acids is 1. The summed E-state index contributed by atoms with van der Waals surface area (Å²) in [7, 11) is 0. The average Bonchev–Trinajstić information content (AvgIpc) is 2.75. The minimum atomic E-state index is -0.392. The molecule has 0 atom stereocenters. The lowest BCUT2D eigenvalue weighted by molar-refractivity contribution is -0.113. The summed E-state index contributed by atoms with van der Waals surface area (Å²) in [6, 6.07) is 18.4. The minimum absolute atomic E-state index is 0.0131. The molecule has 0 radical (unpaired) electrons. The molecule has 1 aromatic heterocycles. The Morgan fingerprint density at radius 1 is 1.13 bits per heavy atom. The van der Waals surface area contributed by atoms with Crippen molar-refractivity contribution < 1.29 is 9.18 Å². The molecule has 0 fully saturated rings. The predicted molar refractivity (Wildman–Crippen MR) is 123 cm³/mol. The zero-order valence-electron chi connectivity index (χ0n) is 16.4. The molecule has 1 N–H and O–H groups in total. The second-order valence-corrected chi connectivity index (χ2v) is 8.21. The summed E-state index contributed by atoms with van der Waals surface area (Å²) in [5.41, 5.74) is 1.70. The summed E-state index contributed by atoms with van der Waals surface area (Å²) >= 11 is 7.24. The highest BCUT2D eigenvalue weighted by atomic mass is 35.5. The Bertz CT molecular complexity index is 1360. The average molecular weight is 454 g/mol. The van der Waals surface area contributed by atoms with Gasteiger partial charge in [-0.15, -0.1) is 0 Å². The van der Waals surface area contributed by atoms with E-state index in [4.69, 9.17) is 11.6 Å². The van der Waals surface area contributed by atoms with Crippen molar-refractivity contribution in [1.82, 2.24) is 9.55 Å². The Labute approximate surface area is 186 Å². The summed E-state index contributed by atoms with van der Waals surface area (Å²) in [4.78, 5) is 30.2. The van der Waals surface area contributed by atoms with Crippen molar-refractivity contribution in [3.05, 3.63) is 93.5 Å². The number of hydrogen-bond donors (Lipinski definition) is 1. The third-order valence-electron chi connectivity index (χ3n) is 4.60. The molecule has 0 aliphatic heterocycles. The first kappa shape index (κ1) is 21.1. The SMILES string of the molecule is Cc1ccc(NC(=O)CSc2nc3ccccc3c(=O)n2-c2cccc(Cl)c2)cc1F. The number of nitrogens with one attached hydrogen (secondary N) is 1. The number of para-hydroxylation sites is 1. The lowest BCUT2D eigenvalue weighted by Crippen LogP contribution is -2.23. The van der Waals surface area contributed by atoms with E-state index in [2.05, 4.69) is 10.3 Å². The molecule has 0 spiro atoms. The molecule has 31 heavy (non-hydrogen) atoms. The Morgan fingerprint density at radius 3 is 2.71 bits per heavy atom. The molecule has 3 aromatic carbocycles. The number of halogens is 2. The van der Waals surface area contributed by atoms with Crippen LogP contribution in [0.25, 0.3) is 16.6 Å². The van der Waals surface area contributed by atoms with Gasteiger partial charge in [-0.1, -0.05) is 47.6 Å². The van der Waals surface area contributed by atoms with Crippen molar-refractivity contribution >= 4 is 45.9 Å². The molecular formula is C23H17ClFN3O2S. The molecule has 8 heteroatoms. The number of anilines is 1. The van der Waals surface area contributed by atoms with Crippen LogP contribution in [0.1, 0.15) is 5.56 Å². The van der Waals surface area contributed by atoms with Crippen LogP contribution in [0, 0.1) is 12.7 Å². The molecular weight excluding hydrogens is 437 g/mol. The molecule has 0 unspecified atom stereocenters. The van der Waals surface area contributed by atoms with Crippen LogP contribution < -0.4 is 10.9 Å². The van der Waals surface area contributed by atoms with Crippen molar-refractivity contribution in [1.29, 1.82) is 0 Å². The summed E-state index contributed by atoms with van der Waals surface area (Å²) in [5, 5.41) is 3.97. The van der Waals surface area contributed by atoms with E-state index in [0.29, 0.717) is 38.0 Å². The van der Waals surface area contributed by atoms with E-state index < -0.39 is 5.82 Å². The maximum atomic E-state index is 13.7. The van der Waals surface area contributed by atoms with Gasteiger partial charge in [-0.3, -0.25) is 14.2 Å². The van der Waals surface area contributed by atoms with Crippen molar-refractivity contribution in [2.45, 2.75) is 12.1 Å². The molecule has 1 amide bonds. The van der Waals surface area contributed by atoms with Crippen molar-refractivity contribution in [3.63, 3.8) is 0 Å². The fourth-order valence-electron chi connectivity index (χ4n) is 3.05. The lowest BCUT2D eigenvalue weighted by Gasteiger charge is -2.13. The molecule has 5 nitrogen and oxygen atoms in total. The fourth-order valence-corrected chi connectivity index (χ4v) is 4.05. The summed E-state index contributed by atoms with van der Waals surface area (Å²) in [6.07, 6.45) is 0. The van der Waals surface area contributed by atoms with E-state index in [0.717, 1.165) is 11.8 Å². The molecule has 4 aromatic rings. The van der Waals surface area contributed by atoms with Crippen LogP contribution in [-0.4, -0.2) is 21.2 Å². The largest absolute Gasteiger partial charge is 0.325 e. The normalized spacial score (nSPS) is 10.9. The van der Waals surface area contributed by atoms with Crippen LogP contribution in [0.2, 0.25) is 5.02 Å². The molecule has 0 bridgehead atoms. The van der Waals surface area contributed by atoms with Gasteiger partial charge in [0.2, 0.25) is 5.91 Å². The number of nitrogens with zero attached hydrogens (tertiary/aromatic N) is 2. The highest BCUT2D eigenvalue weighted by Crippen LogP contribution is 2.23. The van der Waals surface area contributed by atoms with E-state index in [1.54, 1.807) is 67.6 Å². The van der Waals surface area contributed by atoms with Crippen molar-refractivity contribution in [2.24, 2.45) is 0 Å². The summed E-state index contributed by atoms with van der Waals surface area (Å²) in [5.74, 6) is -0.745. The standard InChI is InChI=1S/C23H17ClFN3O2S/c1-14-9-10-16(12-19(14)25)26-21(29)13-31-23-27-20-8-3-2-7-18(20)22(30)28(23)17-6-4-5-15(24)11-17/h2-12H,13H2,1H3,(H,26,29).